The lowest BCUT2D eigenvalue weighted by atomic mass is 10.2. The molecule has 2 rings (SSSR count). The Labute approximate surface area is 130 Å². The van der Waals surface area contributed by atoms with Crippen molar-refractivity contribution in [3.05, 3.63) is 48.3 Å². The van der Waals surface area contributed by atoms with Gasteiger partial charge in [-0.3, -0.25) is 4.79 Å². The van der Waals surface area contributed by atoms with Gasteiger partial charge >= 0.3 is 0 Å². The predicted molar refractivity (Wildman–Crippen MR) is 84.6 cm³/mol. The number of benzene rings is 1. The van der Waals surface area contributed by atoms with Gasteiger partial charge < -0.3 is 5.32 Å². The van der Waals surface area contributed by atoms with Crippen molar-refractivity contribution in [2.45, 2.75) is 18.6 Å². The van der Waals surface area contributed by atoms with Crippen molar-refractivity contribution < 1.29 is 13.2 Å². The molecular formula is C15H19N3O3S. The van der Waals surface area contributed by atoms with Crippen molar-refractivity contribution in [3.63, 3.8) is 0 Å². The zero-order valence-electron chi connectivity index (χ0n) is 12.6. The first-order chi connectivity index (χ1) is 10.4. The normalized spacial score (nSPS) is 12.8. The summed E-state index contributed by atoms with van der Waals surface area (Å²) in [4.78, 5) is 11.7. The van der Waals surface area contributed by atoms with Crippen LogP contribution in [0.25, 0.3) is 5.69 Å². The van der Waals surface area contributed by atoms with Gasteiger partial charge in [0.2, 0.25) is 5.91 Å². The predicted octanol–water partition coefficient (Wildman–Crippen LogP) is 0.964. The molecule has 0 aliphatic rings. The third kappa shape index (κ3) is 4.17. The highest BCUT2D eigenvalue weighted by atomic mass is 32.2. The second-order valence-electron chi connectivity index (χ2n) is 5.14. The summed E-state index contributed by atoms with van der Waals surface area (Å²) < 4.78 is 24.3. The molecule has 1 aromatic heterocycles. The molecule has 6 nitrogen and oxygen atoms in total. The van der Waals surface area contributed by atoms with Crippen LogP contribution in [0.1, 0.15) is 12.5 Å². The van der Waals surface area contributed by atoms with E-state index in [0.717, 1.165) is 17.5 Å². The summed E-state index contributed by atoms with van der Waals surface area (Å²) in [6.45, 7) is 1.76. The van der Waals surface area contributed by atoms with Crippen molar-refractivity contribution in [1.29, 1.82) is 0 Å². The zero-order chi connectivity index (χ0) is 16.2. The molecule has 7 heteroatoms. The molecule has 1 N–H and O–H groups in total. The van der Waals surface area contributed by atoms with E-state index in [1.807, 2.05) is 36.5 Å². The highest BCUT2D eigenvalue weighted by Crippen LogP contribution is 2.07. The average molecular weight is 321 g/mol. The van der Waals surface area contributed by atoms with Crippen LogP contribution >= 0.6 is 0 Å². The summed E-state index contributed by atoms with van der Waals surface area (Å²) in [6.07, 6.45) is 5.27. The van der Waals surface area contributed by atoms with E-state index in [1.165, 1.54) is 6.92 Å². The molecule has 0 aliphatic carbocycles. The number of carbonyl (C=O) groups excluding carboxylic acids is 1. The Bertz CT molecular complexity index is 738. The van der Waals surface area contributed by atoms with Gasteiger partial charge in [0.1, 0.15) is 5.25 Å². The van der Waals surface area contributed by atoms with Crippen LogP contribution in [-0.4, -0.2) is 42.2 Å². The summed E-state index contributed by atoms with van der Waals surface area (Å²) >= 11 is 0. The molecule has 1 heterocycles. The summed E-state index contributed by atoms with van der Waals surface area (Å²) in [7, 11) is -3.36. The van der Waals surface area contributed by atoms with E-state index in [0.29, 0.717) is 13.0 Å². The van der Waals surface area contributed by atoms with Crippen LogP contribution in [0, 0.1) is 0 Å². The fourth-order valence-corrected chi connectivity index (χ4v) is 2.35. The Balaban J connectivity index is 1.89. The van der Waals surface area contributed by atoms with Crippen LogP contribution < -0.4 is 5.32 Å². The summed E-state index contributed by atoms with van der Waals surface area (Å²) in [5.41, 5.74) is 1.93. The molecule has 1 atom stereocenters. The number of nitrogens with one attached hydrogen (secondary N) is 1. The first kappa shape index (κ1) is 16.2. The molecule has 0 fully saturated rings. The molecule has 0 spiro atoms. The fourth-order valence-electron chi connectivity index (χ4n) is 1.88. The van der Waals surface area contributed by atoms with Gasteiger partial charge in [-0.1, -0.05) is 18.2 Å². The zero-order valence-corrected chi connectivity index (χ0v) is 13.4. The van der Waals surface area contributed by atoms with E-state index in [2.05, 4.69) is 10.4 Å². The Morgan fingerprint density at radius 1 is 1.32 bits per heavy atom. The molecule has 1 amide bonds. The minimum atomic E-state index is -3.36. The fraction of sp³-hybridized carbons (Fsp3) is 0.333. The highest BCUT2D eigenvalue weighted by Gasteiger charge is 2.22. The van der Waals surface area contributed by atoms with Gasteiger partial charge in [-0.05, 0) is 31.0 Å². The van der Waals surface area contributed by atoms with Crippen LogP contribution in [-0.2, 0) is 21.1 Å². The molecule has 0 saturated heterocycles. The number of hydrogen-bond donors (Lipinski definition) is 1. The van der Waals surface area contributed by atoms with Gasteiger partial charge in [-0.25, -0.2) is 13.1 Å². The maximum atomic E-state index is 11.7. The lowest BCUT2D eigenvalue weighted by Gasteiger charge is -2.09. The summed E-state index contributed by atoms with van der Waals surface area (Å²) in [5.74, 6) is -0.474. The van der Waals surface area contributed by atoms with E-state index in [9.17, 15) is 13.2 Å². The third-order valence-corrected chi connectivity index (χ3v) is 4.88. The van der Waals surface area contributed by atoms with Crippen LogP contribution in [0.2, 0.25) is 0 Å². The number of aromatic nitrogens is 2. The Morgan fingerprint density at radius 3 is 2.64 bits per heavy atom. The number of sulfone groups is 1. The first-order valence-electron chi connectivity index (χ1n) is 6.93. The van der Waals surface area contributed by atoms with Gasteiger partial charge in [0.15, 0.2) is 9.84 Å². The molecule has 0 radical (unpaired) electrons. The van der Waals surface area contributed by atoms with Crippen LogP contribution in [0.15, 0.2) is 42.7 Å². The van der Waals surface area contributed by atoms with Crippen LogP contribution in [0.5, 0.6) is 0 Å². The lowest BCUT2D eigenvalue weighted by molar-refractivity contribution is -0.120. The molecule has 0 aliphatic heterocycles. The Hall–Kier alpha value is -2.15. The second-order valence-corrected chi connectivity index (χ2v) is 7.51. The van der Waals surface area contributed by atoms with Crippen LogP contribution in [0.3, 0.4) is 0 Å². The van der Waals surface area contributed by atoms with Crippen LogP contribution in [0.4, 0.5) is 0 Å². The number of nitrogens with zero attached hydrogens (tertiary/aromatic N) is 2. The van der Waals surface area contributed by atoms with Gasteiger partial charge in [0.25, 0.3) is 0 Å². The van der Waals surface area contributed by atoms with Gasteiger partial charge in [0.05, 0.1) is 11.9 Å². The maximum absolute atomic E-state index is 11.7. The molecule has 118 valence electrons. The molecular weight excluding hydrogens is 302 g/mol. The van der Waals surface area contributed by atoms with Gasteiger partial charge in [-0.15, -0.1) is 0 Å². The summed E-state index contributed by atoms with van der Waals surface area (Å²) in [5, 5.41) is 5.87. The number of para-hydroxylation sites is 1. The lowest BCUT2D eigenvalue weighted by Crippen LogP contribution is -2.38. The molecule has 2 aromatic rings. The SMILES string of the molecule is CC(C(=O)NCCc1cnn(-c2ccccc2)c1)S(C)(=O)=O. The largest absolute Gasteiger partial charge is 0.355 e. The highest BCUT2D eigenvalue weighted by molar-refractivity contribution is 7.92. The summed E-state index contributed by atoms with van der Waals surface area (Å²) in [6, 6.07) is 9.71. The Morgan fingerprint density at radius 2 is 2.00 bits per heavy atom. The number of carbonyl (C=O) groups is 1. The van der Waals surface area contributed by atoms with E-state index in [4.69, 9.17) is 0 Å². The third-order valence-electron chi connectivity index (χ3n) is 3.38. The number of rotatable bonds is 6. The van der Waals surface area contributed by atoms with E-state index >= 15 is 0 Å². The number of amides is 1. The van der Waals surface area contributed by atoms with Crippen molar-refractivity contribution >= 4 is 15.7 Å². The van der Waals surface area contributed by atoms with Crippen molar-refractivity contribution in [1.82, 2.24) is 15.1 Å². The van der Waals surface area contributed by atoms with E-state index in [-0.39, 0.29) is 0 Å². The van der Waals surface area contributed by atoms with Crippen molar-refractivity contribution in [2.24, 2.45) is 0 Å². The molecule has 1 unspecified atom stereocenters. The molecule has 22 heavy (non-hydrogen) atoms. The van der Waals surface area contributed by atoms with Gasteiger partial charge in [0, 0.05) is 19.0 Å². The van der Waals surface area contributed by atoms with Crippen molar-refractivity contribution in [3.8, 4) is 5.69 Å². The maximum Gasteiger partial charge on any atom is 0.238 e. The first-order valence-corrected chi connectivity index (χ1v) is 8.89. The average Bonchev–Trinajstić information content (AvgIpc) is 2.95. The van der Waals surface area contributed by atoms with E-state index < -0.39 is 21.0 Å². The van der Waals surface area contributed by atoms with E-state index in [1.54, 1.807) is 10.9 Å². The quantitative estimate of drug-likeness (QED) is 0.859. The van der Waals surface area contributed by atoms with Gasteiger partial charge in [-0.2, -0.15) is 5.10 Å². The Kier molecular flexibility index (Phi) is 4.97. The molecule has 0 bridgehead atoms. The standard InChI is InChI=1S/C15H19N3O3S/c1-12(22(2,20)21)15(19)16-9-8-13-10-17-18(11-13)14-6-4-3-5-7-14/h3-7,10-12H,8-9H2,1-2H3,(H,16,19). The van der Waals surface area contributed by atoms with Crippen molar-refractivity contribution in [2.75, 3.05) is 12.8 Å². The number of hydrogen-bond acceptors (Lipinski definition) is 4. The smallest absolute Gasteiger partial charge is 0.238 e. The minimum Gasteiger partial charge on any atom is -0.355 e. The monoisotopic (exact) mass is 321 g/mol. The molecule has 0 saturated carbocycles. The molecule has 1 aromatic carbocycles. The minimum absolute atomic E-state index is 0.374. The second kappa shape index (κ2) is 6.74. The topological polar surface area (TPSA) is 81.1 Å².